The number of carbonyl (C=O) groups excluding carboxylic acids is 3. The van der Waals surface area contributed by atoms with E-state index >= 15 is 0 Å². The Morgan fingerprint density at radius 2 is 1.56 bits per heavy atom. The van der Waals surface area contributed by atoms with Crippen LogP contribution < -0.4 is 10.6 Å². The van der Waals surface area contributed by atoms with Crippen molar-refractivity contribution in [1.29, 1.82) is 0 Å². The summed E-state index contributed by atoms with van der Waals surface area (Å²) in [6.45, 7) is 0. The van der Waals surface area contributed by atoms with Crippen LogP contribution in [-0.2, 0) is 30.4 Å². The van der Waals surface area contributed by atoms with E-state index in [-0.39, 0.29) is 29.7 Å². The maximum Gasteiger partial charge on any atom is 0.328 e. The highest BCUT2D eigenvalue weighted by Crippen LogP contribution is 2.53. The second kappa shape index (κ2) is 11.1. The summed E-state index contributed by atoms with van der Waals surface area (Å²) in [6, 6.07) is 2.01. The van der Waals surface area contributed by atoms with Crippen molar-refractivity contribution < 1.29 is 54.6 Å². The minimum Gasteiger partial charge on any atom is -0.508 e. The minimum absolute atomic E-state index is 0.0638. The van der Waals surface area contributed by atoms with Gasteiger partial charge < -0.3 is 41.3 Å². The number of phenolic OH excluding ortho intramolecular Hbond substituents is 1. The maximum absolute atomic E-state index is 13.7. The van der Waals surface area contributed by atoms with E-state index < -0.39 is 70.0 Å². The van der Waals surface area contributed by atoms with Crippen molar-refractivity contribution in [3.8, 4) is 5.75 Å². The second-order valence-corrected chi connectivity index (χ2v) is 10.3. The fraction of sp³-hybridized carbons (Fsp3) is 0.370. The Balaban J connectivity index is 0.000000507. The first-order valence-corrected chi connectivity index (χ1v) is 12.3. The molecule has 1 aromatic carbocycles. The van der Waals surface area contributed by atoms with E-state index in [4.69, 9.17) is 15.9 Å². The summed E-state index contributed by atoms with van der Waals surface area (Å²) in [5.41, 5.74) is 3.15. The summed E-state index contributed by atoms with van der Waals surface area (Å²) in [4.78, 5) is 61.1. The fourth-order valence-corrected chi connectivity index (χ4v) is 5.79. The van der Waals surface area contributed by atoms with E-state index in [2.05, 4.69) is 0 Å². The number of aliphatic hydroxyl groups excluding tert-OH is 2. The average molecular weight is 574 g/mol. The summed E-state index contributed by atoms with van der Waals surface area (Å²) in [7, 11) is 6.75. The lowest BCUT2D eigenvalue weighted by atomic mass is 9.57. The first-order chi connectivity index (χ1) is 19.0. The van der Waals surface area contributed by atoms with Gasteiger partial charge in [0.1, 0.15) is 22.8 Å². The van der Waals surface area contributed by atoms with Gasteiger partial charge in [0.15, 0.2) is 11.4 Å². The Bertz CT molecular complexity index is 1420. The molecule has 1 amide bonds. The van der Waals surface area contributed by atoms with Gasteiger partial charge in [0, 0.05) is 43.4 Å². The molecule has 14 nitrogen and oxygen atoms in total. The number of primary amides is 1. The molecule has 0 radical (unpaired) electrons. The molecule has 3 aliphatic rings. The summed E-state index contributed by atoms with van der Waals surface area (Å²) in [5.74, 6) is -9.05. The molecule has 0 heterocycles. The number of hydrogen-bond donors (Lipinski definition) is 7. The topological polar surface area (TPSA) is 239 Å². The van der Waals surface area contributed by atoms with E-state index in [1.807, 2.05) is 19.0 Å². The van der Waals surface area contributed by atoms with Crippen LogP contribution in [-0.4, -0.2) is 105 Å². The van der Waals surface area contributed by atoms with Crippen molar-refractivity contribution in [1.82, 2.24) is 4.90 Å². The molecule has 3 aliphatic carbocycles. The van der Waals surface area contributed by atoms with E-state index in [1.165, 1.54) is 11.0 Å². The van der Waals surface area contributed by atoms with Gasteiger partial charge in [-0.2, -0.15) is 0 Å². The monoisotopic (exact) mass is 573 g/mol. The van der Waals surface area contributed by atoms with E-state index in [0.717, 1.165) is 5.69 Å². The number of aliphatic carboxylic acids is 2. The predicted octanol–water partition coefficient (Wildman–Crippen LogP) is -0.258. The van der Waals surface area contributed by atoms with Crippen molar-refractivity contribution >= 4 is 40.9 Å². The van der Waals surface area contributed by atoms with Gasteiger partial charge in [0.25, 0.3) is 5.91 Å². The highest BCUT2D eigenvalue weighted by molar-refractivity contribution is 6.24. The zero-order valence-electron chi connectivity index (χ0n) is 22.7. The van der Waals surface area contributed by atoms with Crippen LogP contribution in [0.25, 0.3) is 5.76 Å². The van der Waals surface area contributed by atoms with Crippen LogP contribution in [0.3, 0.4) is 0 Å². The number of fused-ring (bicyclic) bond motifs is 3. The third kappa shape index (κ3) is 5.14. The number of aromatic hydroxyl groups is 1. The number of anilines is 1. The number of rotatable bonds is 5. The standard InChI is InChI=1S/C23H27N3O7.C4H4O4/c1-25(2)12-5-6-13(27)15-10(12)7-9-8-11-17(26(3)4)19(29)16(22(24)32)21(31)23(11,33)20(30)14(9)18(15)28;5-3(6)1-2-4(7)8/h5-6,9,11,17,27-28,31,33H,7-8H2,1-4H3,(H2,24,32);1-2H,(H,5,6)(H,7,8)/b;2-1+/t9-,11-,17-,23-;/m0./s1. The van der Waals surface area contributed by atoms with E-state index in [0.29, 0.717) is 17.7 Å². The van der Waals surface area contributed by atoms with Crippen molar-refractivity contribution in [3.63, 3.8) is 0 Å². The number of Topliss-reactive ketones (excluding diaryl/α,β-unsaturated/α-hetero) is 2. The molecule has 220 valence electrons. The van der Waals surface area contributed by atoms with Crippen LogP contribution in [0.5, 0.6) is 5.75 Å². The molecule has 8 N–H and O–H groups in total. The van der Waals surface area contributed by atoms with Gasteiger partial charge in [-0.1, -0.05) is 0 Å². The number of likely N-dealkylation sites (N-methyl/N-ethyl adjacent to an activating group) is 1. The molecular formula is C27H31N3O11. The smallest absolute Gasteiger partial charge is 0.328 e. The van der Waals surface area contributed by atoms with E-state index in [9.17, 15) is 44.4 Å². The van der Waals surface area contributed by atoms with Crippen molar-refractivity contribution in [2.24, 2.45) is 17.6 Å². The average Bonchev–Trinajstić information content (AvgIpc) is 2.84. The summed E-state index contributed by atoms with van der Waals surface area (Å²) < 4.78 is 0. The molecule has 0 bridgehead atoms. The number of carboxylic acids is 2. The fourth-order valence-electron chi connectivity index (χ4n) is 5.79. The van der Waals surface area contributed by atoms with Gasteiger partial charge in [-0.05, 0) is 50.6 Å². The number of benzene rings is 1. The predicted molar refractivity (Wildman–Crippen MR) is 143 cm³/mol. The lowest BCUT2D eigenvalue weighted by molar-refractivity contribution is -0.153. The molecule has 0 saturated heterocycles. The van der Waals surface area contributed by atoms with Gasteiger partial charge >= 0.3 is 11.9 Å². The number of ketones is 2. The third-order valence-corrected chi connectivity index (χ3v) is 7.43. The minimum atomic E-state index is -2.63. The Hall–Kier alpha value is -4.69. The quantitative estimate of drug-likeness (QED) is 0.178. The molecule has 14 heteroatoms. The van der Waals surface area contributed by atoms with Gasteiger partial charge in [-0.15, -0.1) is 0 Å². The van der Waals surface area contributed by atoms with Gasteiger partial charge in [-0.25, -0.2) is 9.59 Å². The number of amides is 1. The molecular weight excluding hydrogens is 542 g/mol. The summed E-state index contributed by atoms with van der Waals surface area (Å²) in [5, 5.41) is 59.5. The lowest BCUT2D eigenvalue weighted by Gasteiger charge is -2.50. The maximum atomic E-state index is 13.7. The number of carbonyl (C=O) groups is 5. The Morgan fingerprint density at radius 3 is 2.02 bits per heavy atom. The molecule has 1 aromatic rings. The number of nitrogens with two attached hydrogens (primary N) is 1. The Labute approximate surface area is 233 Å². The molecule has 1 fully saturated rings. The number of hydrogen-bond acceptors (Lipinski definition) is 11. The van der Waals surface area contributed by atoms with Crippen molar-refractivity contribution in [3.05, 3.63) is 52.3 Å². The number of carboxylic acid groups (broad SMARTS) is 2. The SMILES string of the molecule is CN(C)c1ccc(O)c2c1C[C@H]1C[C@H]3[C@H](N(C)C)C(=O)C(C(N)=O)=C(O)[C@@]3(O)C(=O)C1=C2O.O=C(O)/C=C/C(=O)O. The normalized spacial score (nSPS) is 25.3. The van der Waals surface area contributed by atoms with Crippen molar-refractivity contribution in [2.75, 3.05) is 33.1 Å². The van der Waals surface area contributed by atoms with Crippen molar-refractivity contribution in [2.45, 2.75) is 24.5 Å². The van der Waals surface area contributed by atoms with E-state index in [1.54, 1.807) is 20.2 Å². The zero-order valence-corrected chi connectivity index (χ0v) is 22.7. The van der Waals surface area contributed by atoms with Crippen LogP contribution in [0.1, 0.15) is 17.5 Å². The number of phenols is 1. The lowest BCUT2D eigenvalue weighted by Crippen LogP contribution is -2.65. The number of nitrogens with zero attached hydrogens (tertiary/aromatic N) is 2. The van der Waals surface area contributed by atoms with Crippen LogP contribution in [0.2, 0.25) is 0 Å². The molecule has 0 unspecified atom stereocenters. The van der Waals surface area contributed by atoms with Crippen LogP contribution in [0, 0.1) is 11.8 Å². The molecule has 0 aromatic heterocycles. The van der Waals surface area contributed by atoms with Gasteiger partial charge in [0.2, 0.25) is 5.78 Å². The van der Waals surface area contributed by atoms with Gasteiger partial charge in [0.05, 0.1) is 11.6 Å². The summed E-state index contributed by atoms with van der Waals surface area (Å²) >= 11 is 0. The zero-order chi connectivity index (χ0) is 31.1. The second-order valence-electron chi connectivity index (χ2n) is 10.3. The highest BCUT2D eigenvalue weighted by Gasteiger charge is 2.64. The summed E-state index contributed by atoms with van der Waals surface area (Å²) in [6.07, 6.45) is 1.44. The highest BCUT2D eigenvalue weighted by atomic mass is 16.4. The largest absolute Gasteiger partial charge is 0.508 e. The Kier molecular flexibility index (Phi) is 8.32. The molecule has 1 saturated carbocycles. The van der Waals surface area contributed by atoms with Gasteiger partial charge in [-0.3, -0.25) is 19.3 Å². The van der Waals surface area contributed by atoms with Crippen LogP contribution in [0.15, 0.2) is 41.2 Å². The molecule has 4 rings (SSSR count). The Morgan fingerprint density at radius 1 is 1.00 bits per heavy atom. The van der Waals surface area contributed by atoms with Crippen LogP contribution in [0.4, 0.5) is 5.69 Å². The molecule has 0 aliphatic heterocycles. The third-order valence-electron chi connectivity index (χ3n) is 7.43. The van der Waals surface area contributed by atoms with Crippen LogP contribution >= 0.6 is 0 Å². The first kappa shape index (κ1) is 30.8. The molecule has 4 atom stereocenters. The molecule has 41 heavy (non-hydrogen) atoms. The first-order valence-electron chi connectivity index (χ1n) is 12.3. The molecule has 0 spiro atoms. The number of aliphatic hydroxyl groups is 3.